The zero-order chi connectivity index (χ0) is 20.2. The number of amides is 2. The van der Waals surface area contributed by atoms with Gasteiger partial charge in [-0.15, -0.1) is 0 Å². The molecule has 0 bridgehead atoms. The number of pyridine rings is 1. The molecule has 7 nitrogen and oxygen atoms in total. The number of rotatable bonds is 5. The molecule has 1 aliphatic rings. The molecule has 29 heavy (non-hydrogen) atoms. The number of hydrogen-bond acceptors (Lipinski definition) is 4. The van der Waals surface area contributed by atoms with Crippen LogP contribution in [0.15, 0.2) is 30.5 Å². The molecule has 0 atom stereocenters. The molecule has 0 fully saturated rings. The van der Waals surface area contributed by atoms with Crippen LogP contribution in [0.1, 0.15) is 41.8 Å². The molecule has 0 saturated carbocycles. The van der Waals surface area contributed by atoms with E-state index in [4.69, 9.17) is 4.74 Å². The number of urea groups is 1. The average Bonchev–Trinajstić information content (AvgIpc) is 2.98. The zero-order valence-corrected chi connectivity index (χ0v) is 17.0. The van der Waals surface area contributed by atoms with E-state index in [1.807, 2.05) is 24.3 Å². The fraction of sp³-hybridized carbons (Fsp3) is 0.409. The number of hydrogen-bond donors (Lipinski definition) is 2. The summed E-state index contributed by atoms with van der Waals surface area (Å²) >= 11 is 0. The van der Waals surface area contributed by atoms with Crippen LogP contribution in [0.4, 0.5) is 4.79 Å². The van der Waals surface area contributed by atoms with Crippen molar-refractivity contribution in [2.75, 3.05) is 14.2 Å². The van der Waals surface area contributed by atoms with Crippen molar-refractivity contribution < 1.29 is 9.53 Å². The molecule has 7 heteroatoms. The lowest BCUT2D eigenvalue weighted by molar-refractivity contribution is 0.206. The predicted molar refractivity (Wildman–Crippen MR) is 112 cm³/mol. The largest absolute Gasteiger partial charge is 0.494 e. The Morgan fingerprint density at radius 2 is 2.10 bits per heavy atom. The fourth-order valence-corrected chi connectivity index (χ4v) is 4.00. The number of aromatic amines is 1. The van der Waals surface area contributed by atoms with Gasteiger partial charge in [0.05, 0.1) is 19.3 Å². The van der Waals surface area contributed by atoms with Crippen molar-refractivity contribution in [3.05, 3.63) is 53.0 Å². The molecule has 1 aliphatic carbocycles. The first-order chi connectivity index (χ1) is 14.2. The smallest absolute Gasteiger partial charge is 0.317 e. The van der Waals surface area contributed by atoms with Gasteiger partial charge in [-0.2, -0.15) is 5.10 Å². The molecule has 2 heterocycles. The summed E-state index contributed by atoms with van der Waals surface area (Å²) in [6, 6.07) is 7.66. The van der Waals surface area contributed by atoms with Crippen LogP contribution in [0.25, 0.3) is 10.9 Å². The number of carbonyl (C=O) groups is 1. The SMILES string of the molecule is COc1ccc(CN(C)C(=O)NCc2n[nH]c3c2CCCCC3)c2cccnc12. The van der Waals surface area contributed by atoms with Crippen molar-refractivity contribution in [3.63, 3.8) is 0 Å². The van der Waals surface area contributed by atoms with Crippen LogP contribution in [0.3, 0.4) is 0 Å². The monoisotopic (exact) mass is 393 g/mol. The van der Waals surface area contributed by atoms with Gasteiger partial charge in [0.1, 0.15) is 11.3 Å². The van der Waals surface area contributed by atoms with Gasteiger partial charge in [-0.1, -0.05) is 18.6 Å². The Morgan fingerprint density at radius 1 is 1.24 bits per heavy atom. The van der Waals surface area contributed by atoms with E-state index in [0.29, 0.717) is 13.1 Å². The normalized spacial score (nSPS) is 13.6. The zero-order valence-electron chi connectivity index (χ0n) is 17.0. The molecule has 0 unspecified atom stereocenters. The first-order valence-electron chi connectivity index (χ1n) is 10.1. The van der Waals surface area contributed by atoms with Crippen LogP contribution < -0.4 is 10.1 Å². The first kappa shape index (κ1) is 19.2. The summed E-state index contributed by atoms with van der Waals surface area (Å²) < 4.78 is 5.40. The predicted octanol–water partition coefficient (Wildman–Crippen LogP) is 3.58. The van der Waals surface area contributed by atoms with Gasteiger partial charge in [0.25, 0.3) is 0 Å². The number of ether oxygens (including phenoxy) is 1. The highest BCUT2D eigenvalue weighted by molar-refractivity contribution is 5.87. The molecule has 1 aromatic carbocycles. The van der Waals surface area contributed by atoms with E-state index < -0.39 is 0 Å². The van der Waals surface area contributed by atoms with E-state index >= 15 is 0 Å². The van der Waals surface area contributed by atoms with Crippen molar-refractivity contribution in [3.8, 4) is 5.75 Å². The van der Waals surface area contributed by atoms with E-state index in [9.17, 15) is 4.79 Å². The summed E-state index contributed by atoms with van der Waals surface area (Å²) in [5.41, 5.74) is 5.32. The van der Waals surface area contributed by atoms with Crippen LogP contribution in [0.2, 0.25) is 0 Å². The Hall–Kier alpha value is -3.09. The number of nitrogens with zero attached hydrogens (tertiary/aromatic N) is 3. The number of methoxy groups -OCH3 is 1. The number of fused-ring (bicyclic) bond motifs is 2. The Bertz CT molecular complexity index is 1010. The van der Waals surface area contributed by atoms with Crippen molar-refractivity contribution in [2.45, 2.75) is 45.2 Å². The van der Waals surface area contributed by atoms with Gasteiger partial charge in [0, 0.05) is 30.9 Å². The molecule has 2 N–H and O–H groups in total. The molecule has 4 rings (SSSR count). The molecular formula is C22H27N5O2. The lowest BCUT2D eigenvalue weighted by Crippen LogP contribution is -2.36. The number of aromatic nitrogens is 3. The highest BCUT2D eigenvalue weighted by Gasteiger charge is 2.17. The van der Waals surface area contributed by atoms with E-state index in [1.54, 1.807) is 25.3 Å². The number of nitrogens with one attached hydrogen (secondary N) is 2. The molecular weight excluding hydrogens is 366 g/mol. The third kappa shape index (κ3) is 4.04. The van der Waals surface area contributed by atoms with Crippen molar-refractivity contribution >= 4 is 16.9 Å². The van der Waals surface area contributed by atoms with Gasteiger partial charge < -0.3 is 15.0 Å². The maximum Gasteiger partial charge on any atom is 0.317 e. The van der Waals surface area contributed by atoms with Gasteiger partial charge in [-0.25, -0.2) is 4.79 Å². The molecule has 0 radical (unpaired) electrons. The Kier molecular flexibility index (Phi) is 5.64. The second kappa shape index (κ2) is 8.51. The minimum atomic E-state index is -0.122. The summed E-state index contributed by atoms with van der Waals surface area (Å²) in [6.45, 7) is 0.927. The maximum absolute atomic E-state index is 12.7. The van der Waals surface area contributed by atoms with Crippen LogP contribution >= 0.6 is 0 Å². The van der Waals surface area contributed by atoms with Crippen molar-refractivity contribution in [1.82, 2.24) is 25.4 Å². The number of aryl methyl sites for hydroxylation is 1. The maximum atomic E-state index is 12.7. The lowest BCUT2D eigenvalue weighted by Gasteiger charge is -2.19. The van der Waals surface area contributed by atoms with Gasteiger partial charge in [0.15, 0.2) is 0 Å². The second-order valence-corrected chi connectivity index (χ2v) is 7.53. The summed E-state index contributed by atoms with van der Waals surface area (Å²) in [5.74, 6) is 0.732. The molecule has 0 spiro atoms. The van der Waals surface area contributed by atoms with Gasteiger partial charge in [-0.3, -0.25) is 10.1 Å². The quantitative estimate of drug-likeness (QED) is 0.649. The standard InChI is InChI=1S/C22H27N5O2/c1-27(14-15-10-11-20(29-2)21-16(15)8-6-12-23-21)22(28)24-13-19-17-7-4-3-5-9-18(17)25-26-19/h6,8,10-12H,3-5,7,9,13-14H2,1-2H3,(H,24,28)(H,25,26). The fourth-order valence-electron chi connectivity index (χ4n) is 4.00. The third-order valence-corrected chi connectivity index (χ3v) is 5.60. The summed E-state index contributed by atoms with van der Waals surface area (Å²) in [5, 5.41) is 11.6. The minimum Gasteiger partial charge on any atom is -0.494 e. The molecule has 152 valence electrons. The molecule has 2 amide bonds. The van der Waals surface area contributed by atoms with Crippen LogP contribution in [-0.4, -0.2) is 40.3 Å². The topological polar surface area (TPSA) is 83.1 Å². The lowest BCUT2D eigenvalue weighted by atomic mass is 10.1. The Balaban J connectivity index is 1.43. The van der Waals surface area contributed by atoms with Crippen LogP contribution in [0, 0.1) is 0 Å². The van der Waals surface area contributed by atoms with E-state index in [2.05, 4.69) is 20.5 Å². The average molecular weight is 393 g/mol. The molecule has 2 aromatic heterocycles. The van der Waals surface area contributed by atoms with E-state index in [0.717, 1.165) is 40.8 Å². The first-order valence-corrected chi connectivity index (χ1v) is 10.1. The number of benzene rings is 1. The summed E-state index contributed by atoms with van der Waals surface area (Å²) in [7, 11) is 3.44. The summed E-state index contributed by atoms with van der Waals surface area (Å²) in [4.78, 5) is 18.8. The second-order valence-electron chi connectivity index (χ2n) is 7.53. The Labute approximate surface area is 170 Å². The van der Waals surface area contributed by atoms with Crippen molar-refractivity contribution in [1.29, 1.82) is 0 Å². The van der Waals surface area contributed by atoms with Gasteiger partial charge in [-0.05, 0) is 48.9 Å². The van der Waals surface area contributed by atoms with Crippen molar-refractivity contribution in [2.24, 2.45) is 0 Å². The third-order valence-electron chi connectivity index (χ3n) is 5.60. The van der Waals surface area contributed by atoms with Gasteiger partial charge >= 0.3 is 6.03 Å². The molecule has 3 aromatic rings. The summed E-state index contributed by atoms with van der Waals surface area (Å²) in [6.07, 6.45) is 7.48. The van der Waals surface area contributed by atoms with E-state index in [1.165, 1.54) is 30.5 Å². The van der Waals surface area contributed by atoms with Crippen LogP contribution in [0.5, 0.6) is 5.75 Å². The van der Waals surface area contributed by atoms with Gasteiger partial charge in [0.2, 0.25) is 0 Å². The highest BCUT2D eigenvalue weighted by atomic mass is 16.5. The molecule has 0 saturated heterocycles. The number of carbonyl (C=O) groups excluding carboxylic acids is 1. The minimum absolute atomic E-state index is 0.122. The number of H-pyrrole nitrogens is 1. The van der Waals surface area contributed by atoms with E-state index in [-0.39, 0.29) is 6.03 Å². The highest BCUT2D eigenvalue weighted by Crippen LogP contribution is 2.27. The van der Waals surface area contributed by atoms with Crippen LogP contribution in [-0.2, 0) is 25.9 Å². The Morgan fingerprint density at radius 3 is 2.97 bits per heavy atom. The molecule has 0 aliphatic heterocycles.